The Hall–Kier alpha value is -2.50. The molecule has 134 valence electrons. The van der Waals surface area contributed by atoms with Crippen LogP contribution in [0, 0.1) is 12.7 Å². The van der Waals surface area contributed by atoms with Gasteiger partial charge in [-0.3, -0.25) is 0 Å². The fourth-order valence-corrected chi connectivity index (χ4v) is 3.21. The highest BCUT2D eigenvalue weighted by atomic mass is 19.1. The van der Waals surface area contributed by atoms with E-state index in [2.05, 4.69) is 10.6 Å². The lowest BCUT2D eigenvalue weighted by atomic mass is 10.0. The maximum absolute atomic E-state index is 14.1. The molecule has 0 aliphatic carbocycles. The van der Waals surface area contributed by atoms with Gasteiger partial charge in [0, 0.05) is 19.1 Å². The van der Waals surface area contributed by atoms with Gasteiger partial charge in [-0.2, -0.15) is 0 Å². The molecule has 0 spiro atoms. The molecule has 6 heteroatoms. The van der Waals surface area contributed by atoms with Crippen LogP contribution in [0.4, 0.5) is 14.9 Å². The predicted molar refractivity (Wildman–Crippen MR) is 95.2 cm³/mol. The Labute approximate surface area is 147 Å². The molecule has 0 radical (unpaired) electrons. The highest BCUT2D eigenvalue weighted by molar-refractivity contribution is 5.74. The number of halogens is 1. The van der Waals surface area contributed by atoms with Crippen LogP contribution in [-0.4, -0.2) is 25.2 Å². The number of hydrogen-bond acceptors (Lipinski definition) is 3. The zero-order chi connectivity index (χ0) is 17.8. The Kier molecular flexibility index (Phi) is 5.26. The van der Waals surface area contributed by atoms with Crippen molar-refractivity contribution in [2.75, 3.05) is 18.0 Å². The number of piperidine rings is 1. The van der Waals surface area contributed by atoms with Crippen LogP contribution in [0.3, 0.4) is 0 Å². The van der Waals surface area contributed by atoms with Crippen LogP contribution in [0.1, 0.15) is 37.1 Å². The second-order valence-corrected chi connectivity index (χ2v) is 6.59. The lowest BCUT2D eigenvalue weighted by molar-refractivity contribution is 0.230. The topological polar surface area (TPSA) is 57.5 Å². The maximum atomic E-state index is 14.1. The van der Waals surface area contributed by atoms with E-state index in [1.54, 1.807) is 18.4 Å². The van der Waals surface area contributed by atoms with Gasteiger partial charge in [0.1, 0.15) is 11.6 Å². The fourth-order valence-electron chi connectivity index (χ4n) is 3.21. The second kappa shape index (κ2) is 7.59. The normalized spacial score (nSPS) is 18.7. The van der Waals surface area contributed by atoms with Crippen molar-refractivity contribution in [2.24, 2.45) is 0 Å². The van der Waals surface area contributed by atoms with E-state index in [1.165, 1.54) is 6.07 Å². The van der Waals surface area contributed by atoms with E-state index in [4.69, 9.17) is 4.42 Å². The SMILES string of the molecule is Cc1ccc(F)c(N2CCCC(NC(=O)NC(C)c3ccco3)C2)c1. The number of furan rings is 1. The van der Waals surface area contributed by atoms with E-state index in [9.17, 15) is 9.18 Å². The lowest BCUT2D eigenvalue weighted by Gasteiger charge is -2.35. The molecule has 2 unspecified atom stereocenters. The number of hydrogen-bond donors (Lipinski definition) is 2. The number of urea groups is 1. The molecule has 0 bridgehead atoms. The van der Waals surface area contributed by atoms with Gasteiger partial charge >= 0.3 is 6.03 Å². The molecule has 1 fully saturated rings. The van der Waals surface area contributed by atoms with Gasteiger partial charge in [0.05, 0.1) is 18.0 Å². The standard InChI is InChI=1S/C19H24FN3O2/c1-13-7-8-16(20)17(11-13)23-9-3-5-15(12-23)22-19(24)21-14(2)18-6-4-10-25-18/h4,6-8,10-11,14-15H,3,5,9,12H2,1-2H3,(H2,21,22,24). The minimum atomic E-state index is -0.236. The van der Waals surface area contributed by atoms with Gasteiger partial charge in [-0.05, 0) is 56.5 Å². The van der Waals surface area contributed by atoms with E-state index in [0.29, 0.717) is 18.0 Å². The number of benzene rings is 1. The first-order valence-corrected chi connectivity index (χ1v) is 8.64. The summed E-state index contributed by atoms with van der Waals surface area (Å²) >= 11 is 0. The number of nitrogens with one attached hydrogen (secondary N) is 2. The summed E-state index contributed by atoms with van der Waals surface area (Å²) in [5, 5.41) is 5.86. The van der Waals surface area contributed by atoms with Crippen molar-refractivity contribution < 1.29 is 13.6 Å². The molecule has 1 aromatic heterocycles. The van der Waals surface area contributed by atoms with Crippen LogP contribution in [0.2, 0.25) is 0 Å². The summed E-state index contributed by atoms with van der Waals surface area (Å²) < 4.78 is 19.4. The molecule has 0 saturated carbocycles. The maximum Gasteiger partial charge on any atom is 0.315 e. The summed E-state index contributed by atoms with van der Waals surface area (Å²) in [6, 6.07) is 8.29. The Morgan fingerprint density at radius 3 is 3.00 bits per heavy atom. The summed E-state index contributed by atoms with van der Waals surface area (Å²) in [4.78, 5) is 14.2. The highest BCUT2D eigenvalue weighted by Gasteiger charge is 2.24. The van der Waals surface area contributed by atoms with Crippen LogP contribution in [0.25, 0.3) is 0 Å². The van der Waals surface area contributed by atoms with Crippen molar-refractivity contribution in [3.05, 3.63) is 53.7 Å². The third-order valence-electron chi connectivity index (χ3n) is 4.52. The molecule has 1 aromatic carbocycles. The average molecular weight is 345 g/mol. The summed E-state index contributed by atoms with van der Waals surface area (Å²) in [5.74, 6) is 0.490. The van der Waals surface area contributed by atoms with Crippen molar-refractivity contribution >= 4 is 11.7 Å². The van der Waals surface area contributed by atoms with Gasteiger partial charge in [0.25, 0.3) is 0 Å². The number of nitrogens with zero attached hydrogens (tertiary/aromatic N) is 1. The largest absolute Gasteiger partial charge is 0.467 e. The van der Waals surface area contributed by atoms with E-state index in [1.807, 2.05) is 30.9 Å². The molecular weight excluding hydrogens is 321 g/mol. The number of carbonyl (C=O) groups excluding carboxylic acids is 1. The van der Waals surface area contributed by atoms with E-state index >= 15 is 0 Å². The Balaban J connectivity index is 1.58. The number of anilines is 1. The summed E-state index contributed by atoms with van der Waals surface area (Å²) in [7, 11) is 0. The molecule has 1 aliphatic heterocycles. The molecule has 1 aliphatic rings. The Morgan fingerprint density at radius 1 is 1.40 bits per heavy atom. The van der Waals surface area contributed by atoms with Gasteiger partial charge in [-0.25, -0.2) is 9.18 Å². The molecule has 1 saturated heterocycles. The smallest absolute Gasteiger partial charge is 0.315 e. The predicted octanol–water partition coefficient (Wildman–Crippen LogP) is 3.76. The number of rotatable bonds is 4. The van der Waals surface area contributed by atoms with E-state index in [-0.39, 0.29) is 23.9 Å². The van der Waals surface area contributed by atoms with Crippen LogP contribution in [0.15, 0.2) is 41.0 Å². The summed E-state index contributed by atoms with van der Waals surface area (Å²) in [6.07, 6.45) is 3.37. The molecule has 3 rings (SSSR count). The highest BCUT2D eigenvalue weighted by Crippen LogP contribution is 2.24. The lowest BCUT2D eigenvalue weighted by Crippen LogP contribution is -2.51. The Bertz CT molecular complexity index is 717. The first-order chi connectivity index (χ1) is 12.0. The number of amides is 2. The molecule has 2 atom stereocenters. The van der Waals surface area contributed by atoms with E-state index in [0.717, 1.165) is 24.9 Å². The molecule has 5 nitrogen and oxygen atoms in total. The van der Waals surface area contributed by atoms with Crippen LogP contribution < -0.4 is 15.5 Å². The van der Waals surface area contributed by atoms with Crippen molar-refractivity contribution in [2.45, 2.75) is 38.8 Å². The molecular formula is C19H24FN3O2. The van der Waals surface area contributed by atoms with Gasteiger partial charge < -0.3 is 20.0 Å². The van der Waals surface area contributed by atoms with Gasteiger partial charge in [-0.1, -0.05) is 6.07 Å². The minimum Gasteiger partial charge on any atom is -0.467 e. The second-order valence-electron chi connectivity index (χ2n) is 6.59. The minimum absolute atomic E-state index is 0.0162. The molecule has 2 heterocycles. The molecule has 2 aromatic rings. The number of carbonyl (C=O) groups is 1. The van der Waals surface area contributed by atoms with Gasteiger partial charge in [0.15, 0.2) is 0 Å². The molecule has 2 N–H and O–H groups in total. The van der Waals surface area contributed by atoms with Gasteiger partial charge in [-0.15, -0.1) is 0 Å². The third-order valence-corrected chi connectivity index (χ3v) is 4.52. The quantitative estimate of drug-likeness (QED) is 0.887. The van der Waals surface area contributed by atoms with Crippen molar-refractivity contribution in [3.63, 3.8) is 0 Å². The van der Waals surface area contributed by atoms with Crippen LogP contribution in [-0.2, 0) is 0 Å². The first-order valence-electron chi connectivity index (χ1n) is 8.64. The molecule has 2 amide bonds. The third kappa shape index (κ3) is 4.32. The monoisotopic (exact) mass is 345 g/mol. The van der Waals surface area contributed by atoms with Crippen molar-refractivity contribution in [3.8, 4) is 0 Å². The summed E-state index contributed by atoms with van der Waals surface area (Å²) in [5.41, 5.74) is 1.63. The van der Waals surface area contributed by atoms with Crippen molar-refractivity contribution in [1.29, 1.82) is 0 Å². The van der Waals surface area contributed by atoms with Gasteiger partial charge in [0.2, 0.25) is 0 Å². The van der Waals surface area contributed by atoms with Crippen LogP contribution >= 0.6 is 0 Å². The first kappa shape index (κ1) is 17.3. The van der Waals surface area contributed by atoms with E-state index < -0.39 is 0 Å². The van der Waals surface area contributed by atoms with Crippen molar-refractivity contribution in [1.82, 2.24) is 10.6 Å². The Morgan fingerprint density at radius 2 is 2.24 bits per heavy atom. The molecule has 25 heavy (non-hydrogen) atoms. The fraction of sp³-hybridized carbons (Fsp3) is 0.421. The zero-order valence-electron chi connectivity index (χ0n) is 14.6. The average Bonchev–Trinajstić information content (AvgIpc) is 3.12. The summed E-state index contributed by atoms with van der Waals surface area (Å²) in [6.45, 7) is 5.21. The zero-order valence-corrected chi connectivity index (χ0v) is 14.6. The van der Waals surface area contributed by atoms with Crippen LogP contribution in [0.5, 0.6) is 0 Å². The number of aryl methyl sites for hydroxylation is 1.